The Morgan fingerprint density at radius 3 is 2.10 bits per heavy atom. The van der Waals surface area contributed by atoms with Gasteiger partial charge in [-0.05, 0) is 25.2 Å². The van der Waals surface area contributed by atoms with Crippen LogP contribution in [0.2, 0.25) is 0 Å². The summed E-state index contributed by atoms with van der Waals surface area (Å²) in [6.07, 6.45) is 3.72. The van der Waals surface area contributed by atoms with E-state index in [2.05, 4.69) is 27.7 Å². The number of nitrogens with two attached hydrogens (primary N) is 1. The van der Waals surface area contributed by atoms with Gasteiger partial charge in [-0.2, -0.15) is 0 Å². The first-order valence-electron chi connectivity index (χ1n) is 4.17. The van der Waals surface area contributed by atoms with Gasteiger partial charge in [-0.25, -0.2) is 0 Å². The van der Waals surface area contributed by atoms with Crippen LogP contribution < -0.4 is 5.73 Å². The molecule has 0 aliphatic carbocycles. The van der Waals surface area contributed by atoms with Crippen LogP contribution >= 0.6 is 0 Å². The van der Waals surface area contributed by atoms with Gasteiger partial charge in [0.25, 0.3) is 0 Å². The molecule has 1 heteroatoms. The van der Waals surface area contributed by atoms with E-state index in [1.54, 1.807) is 0 Å². The van der Waals surface area contributed by atoms with Crippen molar-refractivity contribution >= 4 is 0 Å². The molecule has 62 valence electrons. The van der Waals surface area contributed by atoms with Crippen molar-refractivity contribution in [1.29, 1.82) is 0 Å². The summed E-state index contributed by atoms with van der Waals surface area (Å²) in [4.78, 5) is 0. The summed E-state index contributed by atoms with van der Waals surface area (Å²) in [5.41, 5.74) is 6.10. The molecule has 0 fully saturated rings. The summed E-state index contributed by atoms with van der Waals surface area (Å²) < 4.78 is 0. The predicted molar refractivity (Wildman–Crippen MR) is 47.0 cm³/mol. The third kappa shape index (κ3) is 7.96. The van der Waals surface area contributed by atoms with Crippen molar-refractivity contribution in [3.63, 3.8) is 0 Å². The monoisotopic (exact) mass is 143 g/mol. The van der Waals surface area contributed by atoms with Crippen LogP contribution in [0, 0.1) is 5.41 Å². The lowest BCUT2D eigenvalue weighted by Crippen LogP contribution is -2.15. The van der Waals surface area contributed by atoms with Crippen LogP contribution in [0.3, 0.4) is 0 Å². The summed E-state index contributed by atoms with van der Waals surface area (Å²) in [5, 5.41) is 0. The topological polar surface area (TPSA) is 26.0 Å². The van der Waals surface area contributed by atoms with E-state index in [0.717, 1.165) is 6.42 Å². The minimum absolute atomic E-state index is 0.377. The Labute approximate surface area is 65.0 Å². The highest BCUT2D eigenvalue weighted by Gasteiger charge is 2.09. The van der Waals surface area contributed by atoms with Crippen molar-refractivity contribution in [2.24, 2.45) is 11.1 Å². The van der Waals surface area contributed by atoms with E-state index in [1.807, 2.05) is 0 Å². The molecule has 0 heterocycles. The zero-order chi connectivity index (χ0) is 8.20. The number of rotatable bonds is 3. The molecular weight excluding hydrogens is 122 g/mol. The van der Waals surface area contributed by atoms with Crippen LogP contribution in [0.5, 0.6) is 0 Å². The smallest absolute Gasteiger partial charge is 0.00104 e. The maximum absolute atomic E-state index is 5.62. The van der Waals surface area contributed by atoms with Crippen molar-refractivity contribution < 1.29 is 0 Å². The second-order valence-electron chi connectivity index (χ2n) is 4.43. The van der Waals surface area contributed by atoms with Gasteiger partial charge in [0.05, 0.1) is 0 Å². The Morgan fingerprint density at radius 2 is 1.80 bits per heavy atom. The standard InChI is InChI=1S/C9H21N/c1-8(10)6-5-7-9(2,3)4/h8H,5-7,10H2,1-4H3/t8-/m0/s1. The Hall–Kier alpha value is -0.0400. The van der Waals surface area contributed by atoms with Crippen molar-refractivity contribution in [2.45, 2.75) is 53.0 Å². The van der Waals surface area contributed by atoms with Crippen LogP contribution in [-0.2, 0) is 0 Å². The minimum Gasteiger partial charge on any atom is -0.328 e. The minimum atomic E-state index is 0.377. The maximum Gasteiger partial charge on any atom is 0.00104 e. The van der Waals surface area contributed by atoms with Gasteiger partial charge in [-0.15, -0.1) is 0 Å². The highest BCUT2D eigenvalue weighted by atomic mass is 14.6. The molecule has 0 rings (SSSR count). The maximum atomic E-state index is 5.62. The second kappa shape index (κ2) is 3.97. The summed E-state index contributed by atoms with van der Waals surface area (Å²) in [6, 6.07) is 0.377. The first-order valence-corrected chi connectivity index (χ1v) is 4.17. The summed E-state index contributed by atoms with van der Waals surface area (Å²) in [6.45, 7) is 8.89. The summed E-state index contributed by atoms with van der Waals surface area (Å²) in [7, 11) is 0. The molecule has 1 nitrogen and oxygen atoms in total. The van der Waals surface area contributed by atoms with Crippen LogP contribution in [0.15, 0.2) is 0 Å². The fourth-order valence-corrected chi connectivity index (χ4v) is 0.954. The van der Waals surface area contributed by atoms with E-state index in [4.69, 9.17) is 5.73 Å². The summed E-state index contributed by atoms with van der Waals surface area (Å²) in [5.74, 6) is 0. The third-order valence-corrected chi connectivity index (χ3v) is 1.59. The Kier molecular flexibility index (Phi) is 3.95. The average Bonchev–Trinajstić information content (AvgIpc) is 1.59. The molecule has 0 aromatic heterocycles. The van der Waals surface area contributed by atoms with Gasteiger partial charge in [-0.3, -0.25) is 0 Å². The fraction of sp³-hybridized carbons (Fsp3) is 1.00. The lowest BCUT2D eigenvalue weighted by molar-refractivity contribution is 0.354. The fourth-order valence-electron chi connectivity index (χ4n) is 0.954. The van der Waals surface area contributed by atoms with Gasteiger partial charge in [0.1, 0.15) is 0 Å². The molecule has 0 aromatic carbocycles. The van der Waals surface area contributed by atoms with Gasteiger partial charge < -0.3 is 5.73 Å². The Balaban J connectivity index is 3.21. The van der Waals surface area contributed by atoms with Crippen molar-refractivity contribution in [1.82, 2.24) is 0 Å². The van der Waals surface area contributed by atoms with Gasteiger partial charge >= 0.3 is 0 Å². The van der Waals surface area contributed by atoms with Gasteiger partial charge in [0.15, 0.2) is 0 Å². The molecule has 0 unspecified atom stereocenters. The Morgan fingerprint density at radius 1 is 1.30 bits per heavy atom. The van der Waals surface area contributed by atoms with Crippen LogP contribution in [-0.4, -0.2) is 6.04 Å². The quantitative estimate of drug-likeness (QED) is 0.645. The molecule has 0 aliphatic rings. The van der Waals surface area contributed by atoms with E-state index in [1.165, 1.54) is 12.8 Å². The van der Waals surface area contributed by atoms with E-state index < -0.39 is 0 Å². The van der Waals surface area contributed by atoms with Crippen molar-refractivity contribution in [2.75, 3.05) is 0 Å². The molecule has 0 saturated carbocycles. The molecule has 0 radical (unpaired) electrons. The van der Waals surface area contributed by atoms with Crippen molar-refractivity contribution in [3.8, 4) is 0 Å². The number of hydrogen-bond acceptors (Lipinski definition) is 1. The molecule has 1 atom stereocenters. The third-order valence-electron chi connectivity index (χ3n) is 1.59. The molecule has 0 bridgehead atoms. The number of hydrogen-bond donors (Lipinski definition) is 1. The normalized spacial score (nSPS) is 15.3. The van der Waals surface area contributed by atoms with Crippen molar-refractivity contribution in [3.05, 3.63) is 0 Å². The molecular formula is C9H21N. The zero-order valence-electron chi connectivity index (χ0n) is 7.78. The first-order chi connectivity index (χ1) is 4.42. The van der Waals surface area contributed by atoms with Gasteiger partial charge in [-0.1, -0.05) is 27.2 Å². The largest absolute Gasteiger partial charge is 0.328 e. The second-order valence-corrected chi connectivity index (χ2v) is 4.43. The average molecular weight is 143 g/mol. The van der Waals surface area contributed by atoms with E-state index in [9.17, 15) is 0 Å². The molecule has 0 amide bonds. The lowest BCUT2D eigenvalue weighted by atomic mass is 9.89. The predicted octanol–water partition coefficient (Wildman–Crippen LogP) is 2.55. The zero-order valence-corrected chi connectivity index (χ0v) is 7.78. The molecule has 2 N–H and O–H groups in total. The van der Waals surface area contributed by atoms with Crippen LogP contribution in [0.4, 0.5) is 0 Å². The lowest BCUT2D eigenvalue weighted by Gasteiger charge is -2.18. The highest BCUT2D eigenvalue weighted by molar-refractivity contribution is 4.63. The summed E-state index contributed by atoms with van der Waals surface area (Å²) >= 11 is 0. The van der Waals surface area contributed by atoms with Crippen LogP contribution in [0.1, 0.15) is 47.0 Å². The molecule has 0 aliphatic heterocycles. The molecule has 0 spiro atoms. The van der Waals surface area contributed by atoms with E-state index in [-0.39, 0.29) is 0 Å². The molecule has 0 aromatic rings. The van der Waals surface area contributed by atoms with Crippen LogP contribution in [0.25, 0.3) is 0 Å². The molecule has 0 saturated heterocycles. The highest BCUT2D eigenvalue weighted by Crippen LogP contribution is 2.21. The first kappa shape index (κ1) is 9.96. The van der Waals surface area contributed by atoms with Gasteiger partial charge in [0.2, 0.25) is 0 Å². The van der Waals surface area contributed by atoms with E-state index in [0.29, 0.717) is 11.5 Å². The SMILES string of the molecule is C[C@H](N)CCCC(C)(C)C. The molecule has 10 heavy (non-hydrogen) atoms. The Bertz CT molecular complexity index is 79.2. The van der Waals surface area contributed by atoms with Gasteiger partial charge in [0, 0.05) is 6.04 Å². The van der Waals surface area contributed by atoms with E-state index >= 15 is 0 Å².